The van der Waals surface area contributed by atoms with Gasteiger partial charge in [0.05, 0.1) is 6.42 Å². The molecule has 5 nitrogen and oxygen atoms in total. The third-order valence-electron chi connectivity index (χ3n) is 1.27. The van der Waals surface area contributed by atoms with Crippen molar-refractivity contribution >= 4 is 12.0 Å². The smallest absolute Gasteiger partial charge is 0.315 e. The van der Waals surface area contributed by atoms with Gasteiger partial charge in [-0.25, -0.2) is 4.79 Å². The van der Waals surface area contributed by atoms with Gasteiger partial charge in [0, 0.05) is 12.6 Å². The molecule has 0 heterocycles. The highest BCUT2D eigenvalue weighted by Crippen LogP contribution is 1.89. The zero-order valence-electron chi connectivity index (χ0n) is 7.54. The summed E-state index contributed by atoms with van der Waals surface area (Å²) in [5.74, 6) is -0.934. The Balaban J connectivity index is 3.64. The molecule has 0 spiro atoms. The fourth-order valence-corrected chi connectivity index (χ4v) is 0.753. The van der Waals surface area contributed by atoms with Crippen molar-refractivity contribution in [2.75, 3.05) is 6.54 Å². The highest BCUT2D eigenvalue weighted by Gasteiger charge is 2.09. The predicted octanol–water partition coefficient (Wildman–Crippen LogP) is 0.335. The van der Waals surface area contributed by atoms with Crippen LogP contribution < -0.4 is 10.6 Å². The molecule has 0 aliphatic heterocycles. The van der Waals surface area contributed by atoms with Gasteiger partial charge in [-0.3, -0.25) is 4.79 Å². The molecule has 0 rings (SSSR count). The zero-order valence-corrected chi connectivity index (χ0v) is 7.54. The van der Waals surface area contributed by atoms with Crippen molar-refractivity contribution in [2.24, 2.45) is 0 Å². The summed E-state index contributed by atoms with van der Waals surface area (Å²) in [5.41, 5.74) is 0. The van der Waals surface area contributed by atoms with Gasteiger partial charge in [-0.05, 0) is 6.92 Å². The molecular formula is C8H14N2O3. The second kappa shape index (κ2) is 6.05. The maximum atomic E-state index is 10.9. The van der Waals surface area contributed by atoms with Crippen LogP contribution in [0.3, 0.4) is 0 Å². The van der Waals surface area contributed by atoms with Crippen LogP contribution in [-0.4, -0.2) is 29.7 Å². The molecule has 74 valence electrons. The Kier molecular flexibility index (Phi) is 5.34. The molecule has 0 bridgehead atoms. The molecule has 0 aromatic carbocycles. The first-order valence-corrected chi connectivity index (χ1v) is 3.93. The second-order valence-electron chi connectivity index (χ2n) is 2.64. The van der Waals surface area contributed by atoms with E-state index in [0.717, 1.165) is 0 Å². The summed E-state index contributed by atoms with van der Waals surface area (Å²) >= 11 is 0. The molecule has 2 amide bonds. The summed E-state index contributed by atoms with van der Waals surface area (Å²) in [6.45, 7) is 5.42. The molecule has 13 heavy (non-hydrogen) atoms. The quantitative estimate of drug-likeness (QED) is 0.541. The lowest BCUT2D eigenvalue weighted by atomic mass is 10.2. The third kappa shape index (κ3) is 6.86. The van der Waals surface area contributed by atoms with Crippen LogP contribution in [0.1, 0.15) is 13.3 Å². The first-order valence-electron chi connectivity index (χ1n) is 3.93. The number of hydrogen-bond acceptors (Lipinski definition) is 2. The fraction of sp³-hybridized carbons (Fsp3) is 0.500. The SMILES string of the molecule is C=CCNC(=O)NC(C)CC(=O)O. The van der Waals surface area contributed by atoms with Gasteiger partial charge in [0.25, 0.3) is 0 Å². The molecule has 0 saturated heterocycles. The molecule has 0 aromatic rings. The molecule has 0 fully saturated rings. The number of aliphatic carboxylic acids is 1. The Labute approximate surface area is 76.8 Å². The van der Waals surface area contributed by atoms with Crippen molar-refractivity contribution < 1.29 is 14.7 Å². The van der Waals surface area contributed by atoms with E-state index in [1.807, 2.05) is 0 Å². The number of urea groups is 1. The van der Waals surface area contributed by atoms with Crippen molar-refractivity contribution in [1.82, 2.24) is 10.6 Å². The number of amides is 2. The molecule has 1 atom stereocenters. The van der Waals surface area contributed by atoms with E-state index in [-0.39, 0.29) is 18.5 Å². The van der Waals surface area contributed by atoms with Gasteiger partial charge in [0.1, 0.15) is 0 Å². The lowest BCUT2D eigenvalue weighted by molar-refractivity contribution is -0.137. The third-order valence-corrected chi connectivity index (χ3v) is 1.27. The van der Waals surface area contributed by atoms with Gasteiger partial charge < -0.3 is 15.7 Å². The van der Waals surface area contributed by atoms with Crippen LogP contribution >= 0.6 is 0 Å². The molecule has 0 saturated carbocycles. The van der Waals surface area contributed by atoms with Crippen LogP contribution in [-0.2, 0) is 4.79 Å². The molecule has 3 N–H and O–H groups in total. The largest absolute Gasteiger partial charge is 0.481 e. The van der Waals surface area contributed by atoms with Gasteiger partial charge in [-0.2, -0.15) is 0 Å². The van der Waals surface area contributed by atoms with Crippen LogP contribution in [0.5, 0.6) is 0 Å². The van der Waals surface area contributed by atoms with E-state index in [1.165, 1.54) is 0 Å². The van der Waals surface area contributed by atoms with Gasteiger partial charge >= 0.3 is 12.0 Å². The van der Waals surface area contributed by atoms with E-state index >= 15 is 0 Å². The Morgan fingerprint density at radius 3 is 2.69 bits per heavy atom. The average Bonchev–Trinajstić information content (AvgIpc) is 1.98. The maximum Gasteiger partial charge on any atom is 0.315 e. The van der Waals surface area contributed by atoms with E-state index < -0.39 is 5.97 Å². The standard InChI is InChI=1S/C8H14N2O3/c1-3-4-9-8(13)10-6(2)5-7(11)12/h3,6H,1,4-5H2,2H3,(H,11,12)(H2,9,10,13). The van der Waals surface area contributed by atoms with Gasteiger partial charge in [0.2, 0.25) is 0 Å². The van der Waals surface area contributed by atoms with E-state index in [0.29, 0.717) is 6.54 Å². The summed E-state index contributed by atoms with van der Waals surface area (Å²) in [6, 6.07) is -0.754. The van der Waals surface area contributed by atoms with E-state index in [1.54, 1.807) is 13.0 Å². The average molecular weight is 186 g/mol. The number of nitrogens with one attached hydrogen (secondary N) is 2. The van der Waals surface area contributed by atoms with E-state index in [2.05, 4.69) is 17.2 Å². The normalized spacial score (nSPS) is 11.5. The summed E-state index contributed by atoms with van der Waals surface area (Å²) < 4.78 is 0. The maximum absolute atomic E-state index is 10.9. The van der Waals surface area contributed by atoms with Crippen LogP contribution in [0.15, 0.2) is 12.7 Å². The molecule has 5 heteroatoms. The summed E-state index contributed by atoms with van der Waals surface area (Å²) in [5, 5.41) is 13.3. The van der Waals surface area contributed by atoms with E-state index in [9.17, 15) is 9.59 Å². The number of carbonyl (C=O) groups is 2. The zero-order chi connectivity index (χ0) is 10.3. The topological polar surface area (TPSA) is 78.4 Å². The van der Waals surface area contributed by atoms with Crippen LogP contribution in [0.2, 0.25) is 0 Å². The van der Waals surface area contributed by atoms with Crippen molar-refractivity contribution in [3.63, 3.8) is 0 Å². The molecule has 0 radical (unpaired) electrons. The highest BCUT2D eigenvalue weighted by molar-refractivity contribution is 5.75. The van der Waals surface area contributed by atoms with Gasteiger partial charge in [-0.15, -0.1) is 6.58 Å². The second-order valence-corrected chi connectivity index (χ2v) is 2.64. The first kappa shape index (κ1) is 11.5. The molecule has 0 aliphatic carbocycles. The molecule has 1 unspecified atom stereocenters. The van der Waals surface area contributed by atoms with Crippen molar-refractivity contribution in [1.29, 1.82) is 0 Å². The Hall–Kier alpha value is -1.52. The monoisotopic (exact) mass is 186 g/mol. The minimum Gasteiger partial charge on any atom is -0.481 e. The van der Waals surface area contributed by atoms with Crippen molar-refractivity contribution in [3.05, 3.63) is 12.7 Å². The number of rotatable bonds is 5. The Morgan fingerprint density at radius 2 is 2.23 bits per heavy atom. The van der Waals surface area contributed by atoms with Gasteiger partial charge in [0.15, 0.2) is 0 Å². The van der Waals surface area contributed by atoms with Crippen LogP contribution in [0.4, 0.5) is 4.79 Å². The Morgan fingerprint density at radius 1 is 1.62 bits per heavy atom. The van der Waals surface area contributed by atoms with Gasteiger partial charge in [-0.1, -0.05) is 6.08 Å². The number of hydrogen-bond donors (Lipinski definition) is 3. The Bertz CT molecular complexity index is 204. The first-order chi connectivity index (χ1) is 6.06. The minimum atomic E-state index is -0.934. The minimum absolute atomic E-state index is 0.0818. The summed E-state index contributed by atoms with van der Waals surface area (Å²) in [4.78, 5) is 21.1. The number of carbonyl (C=O) groups excluding carboxylic acids is 1. The van der Waals surface area contributed by atoms with Crippen LogP contribution in [0.25, 0.3) is 0 Å². The fourth-order valence-electron chi connectivity index (χ4n) is 0.753. The number of carboxylic acid groups (broad SMARTS) is 1. The molecule has 0 aliphatic rings. The van der Waals surface area contributed by atoms with E-state index in [4.69, 9.17) is 5.11 Å². The summed E-state index contributed by atoms with van der Waals surface area (Å²) in [7, 11) is 0. The molecular weight excluding hydrogens is 172 g/mol. The summed E-state index contributed by atoms with van der Waals surface area (Å²) in [6.07, 6.45) is 1.46. The highest BCUT2D eigenvalue weighted by atomic mass is 16.4. The lowest BCUT2D eigenvalue weighted by Gasteiger charge is -2.11. The van der Waals surface area contributed by atoms with Crippen molar-refractivity contribution in [3.8, 4) is 0 Å². The van der Waals surface area contributed by atoms with Crippen molar-refractivity contribution in [2.45, 2.75) is 19.4 Å². The number of carboxylic acids is 1. The predicted molar refractivity (Wildman–Crippen MR) is 48.4 cm³/mol. The lowest BCUT2D eigenvalue weighted by Crippen LogP contribution is -2.41. The van der Waals surface area contributed by atoms with Crippen LogP contribution in [0, 0.1) is 0 Å². The molecule has 0 aromatic heterocycles.